The Bertz CT molecular complexity index is 706. The lowest BCUT2D eigenvalue weighted by Gasteiger charge is -2.22. The molecule has 5 nitrogen and oxygen atoms in total. The third-order valence-electron chi connectivity index (χ3n) is 3.21. The van der Waals surface area contributed by atoms with Crippen molar-refractivity contribution in [3.05, 3.63) is 34.3 Å². The number of nitrogens with one attached hydrogen (secondary N) is 2. The van der Waals surface area contributed by atoms with Gasteiger partial charge in [-0.05, 0) is 25.1 Å². The maximum Gasteiger partial charge on any atom is 0.254 e. The molecule has 1 atom stereocenters. The minimum absolute atomic E-state index is 0. The van der Waals surface area contributed by atoms with Crippen LogP contribution >= 0.6 is 47.1 Å². The van der Waals surface area contributed by atoms with Gasteiger partial charge >= 0.3 is 0 Å². The van der Waals surface area contributed by atoms with Gasteiger partial charge in [0.15, 0.2) is 4.34 Å². The summed E-state index contributed by atoms with van der Waals surface area (Å²) in [6, 6.07) is 5.47. The number of halogens is 2. The van der Waals surface area contributed by atoms with Crippen LogP contribution in [0.4, 0.5) is 5.69 Å². The number of carbonyl (C=O) groups is 1. The number of nitrogens with zero attached hydrogens (tertiary/aromatic N) is 1. The van der Waals surface area contributed by atoms with Crippen LogP contribution in [-0.4, -0.2) is 36.7 Å². The van der Waals surface area contributed by atoms with Gasteiger partial charge in [0.2, 0.25) is 0 Å². The fourth-order valence-electron chi connectivity index (χ4n) is 2.09. The Morgan fingerprint density at radius 1 is 1.54 bits per heavy atom. The standard InChI is InChI=1S/C15H16ClN3O2S2.ClH/c1-9-8-22-15(18-9)23-13-3-2-10(6-11(13)16)19-14(20)12-7-17-4-5-21-12;/h2-3,6,8,12,17H,4-5,7H2,1H3,(H,19,20);1H. The first kappa shape index (κ1) is 19.5. The molecule has 24 heavy (non-hydrogen) atoms. The zero-order valence-corrected chi connectivity index (χ0v) is 16.1. The Morgan fingerprint density at radius 2 is 2.38 bits per heavy atom. The number of benzene rings is 1. The summed E-state index contributed by atoms with van der Waals surface area (Å²) >= 11 is 9.42. The first-order valence-electron chi connectivity index (χ1n) is 7.14. The minimum atomic E-state index is -0.463. The molecule has 130 valence electrons. The van der Waals surface area contributed by atoms with E-state index in [2.05, 4.69) is 15.6 Å². The number of carbonyl (C=O) groups excluding carboxylic acids is 1. The van der Waals surface area contributed by atoms with Crippen molar-refractivity contribution >= 4 is 58.7 Å². The molecule has 2 aromatic rings. The molecular weight excluding hydrogens is 389 g/mol. The van der Waals surface area contributed by atoms with Crippen LogP contribution in [-0.2, 0) is 9.53 Å². The summed E-state index contributed by atoms with van der Waals surface area (Å²) in [7, 11) is 0. The van der Waals surface area contributed by atoms with E-state index in [1.54, 1.807) is 17.4 Å². The number of aromatic nitrogens is 1. The average molecular weight is 406 g/mol. The van der Waals surface area contributed by atoms with Gasteiger partial charge in [-0.3, -0.25) is 4.79 Å². The average Bonchev–Trinajstić information content (AvgIpc) is 2.96. The smallest absolute Gasteiger partial charge is 0.254 e. The number of ether oxygens (including phenoxy) is 1. The number of hydrogen-bond acceptors (Lipinski definition) is 6. The molecule has 0 radical (unpaired) electrons. The summed E-state index contributed by atoms with van der Waals surface area (Å²) in [5, 5.41) is 8.56. The minimum Gasteiger partial charge on any atom is -0.366 e. The van der Waals surface area contributed by atoms with Gasteiger partial charge in [0.25, 0.3) is 5.91 Å². The number of rotatable bonds is 4. The number of morpholine rings is 1. The molecule has 1 aliphatic rings. The van der Waals surface area contributed by atoms with Crippen LogP contribution in [0.2, 0.25) is 5.02 Å². The number of aryl methyl sites for hydroxylation is 1. The first-order chi connectivity index (χ1) is 11.1. The lowest BCUT2D eigenvalue weighted by molar-refractivity contribution is -0.128. The third kappa shape index (κ3) is 5.08. The molecule has 2 heterocycles. The van der Waals surface area contributed by atoms with Crippen LogP contribution in [0.1, 0.15) is 5.69 Å². The number of anilines is 1. The summed E-state index contributed by atoms with van der Waals surface area (Å²) < 4.78 is 6.38. The van der Waals surface area contributed by atoms with Crippen molar-refractivity contribution in [3.8, 4) is 0 Å². The van der Waals surface area contributed by atoms with Crippen LogP contribution in [0.3, 0.4) is 0 Å². The van der Waals surface area contributed by atoms with Crippen molar-refractivity contribution in [1.82, 2.24) is 10.3 Å². The van der Waals surface area contributed by atoms with E-state index in [9.17, 15) is 4.79 Å². The second-order valence-corrected chi connectivity index (χ2v) is 7.61. The highest BCUT2D eigenvalue weighted by Crippen LogP contribution is 2.36. The lowest BCUT2D eigenvalue weighted by atomic mass is 10.2. The monoisotopic (exact) mass is 405 g/mol. The van der Waals surface area contributed by atoms with Gasteiger partial charge in [0.05, 0.1) is 11.6 Å². The molecule has 1 amide bonds. The second-order valence-electron chi connectivity index (χ2n) is 5.05. The maximum atomic E-state index is 12.1. The molecule has 1 aliphatic heterocycles. The van der Waals surface area contributed by atoms with Crippen LogP contribution in [0.5, 0.6) is 0 Å². The van der Waals surface area contributed by atoms with Crippen molar-refractivity contribution in [1.29, 1.82) is 0 Å². The third-order valence-corrected chi connectivity index (χ3v) is 5.77. The van der Waals surface area contributed by atoms with Gasteiger partial charge in [-0.25, -0.2) is 4.98 Å². The Hall–Kier alpha value is -0.830. The summed E-state index contributed by atoms with van der Waals surface area (Å²) in [5.41, 5.74) is 1.66. The molecule has 1 aromatic heterocycles. The lowest BCUT2D eigenvalue weighted by Crippen LogP contribution is -2.45. The highest BCUT2D eigenvalue weighted by atomic mass is 35.5. The molecule has 1 fully saturated rings. The Morgan fingerprint density at radius 3 is 3.00 bits per heavy atom. The molecule has 0 bridgehead atoms. The van der Waals surface area contributed by atoms with Crippen molar-refractivity contribution < 1.29 is 9.53 Å². The van der Waals surface area contributed by atoms with E-state index >= 15 is 0 Å². The molecule has 0 saturated carbocycles. The molecule has 1 aromatic carbocycles. The Kier molecular flexibility index (Phi) is 7.34. The zero-order chi connectivity index (χ0) is 16.2. The first-order valence-corrected chi connectivity index (χ1v) is 9.22. The number of hydrogen-bond donors (Lipinski definition) is 2. The van der Waals surface area contributed by atoms with E-state index in [-0.39, 0.29) is 18.3 Å². The largest absolute Gasteiger partial charge is 0.366 e. The predicted octanol–water partition coefficient (Wildman–Crippen LogP) is 3.60. The summed E-state index contributed by atoms with van der Waals surface area (Å²) in [6.07, 6.45) is -0.463. The van der Waals surface area contributed by atoms with E-state index < -0.39 is 6.10 Å². The van der Waals surface area contributed by atoms with Gasteiger partial charge in [0.1, 0.15) is 6.10 Å². The normalized spacial score (nSPS) is 17.2. The highest BCUT2D eigenvalue weighted by Gasteiger charge is 2.21. The van der Waals surface area contributed by atoms with Gasteiger partial charge in [-0.2, -0.15) is 0 Å². The van der Waals surface area contributed by atoms with Gasteiger partial charge in [-0.15, -0.1) is 23.7 Å². The fraction of sp³-hybridized carbons (Fsp3) is 0.333. The van der Waals surface area contributed by atoms with E-state index in [0.717, 1.165) is 21.5 Å². The molecule has 0 aliphatic carbocycles. The Labute approximate surface area is 159 Å². The molecule has 1 saturated heterocycles. The van der Waals surface area contributed by atoms with Crippen LogP contribution in [0.25, 0.3) is 0 Å². The SMILES string of the molecule is Cc1csc(Sc2ccc(NC(=O)C3CNCCO3)cc2Cl)n1.Cl. The van der Waals surface area contributed by atoms with Crippen LogP contribution in [0, 0.1) is 6.92 Å². The van der Waals surface area contributed by atoms with E-state index in [0.29, 0.717) is 23.9 Å². The highest BCUT2D eigenvalue weighted by molar-refractivity contribution is 8.01. The molecule has 3 rings (SSSR count). The Balaban J connectivity index is 0.00000208. The molecule has 1 unspecified atom stereocenters. The topological polar surface area (TPSA) is 63.2 Å². The number of amides is 1. The summed E-state index contributed by atoms with van der Waals surface area (Å²) in [6.45, 7) is 3.80. The molecule has 0 spiro atoms. The summed E-state index contributed by atoms with van der Waals surface area (Å²) in [4.78, 5) is 17.4. The maximum absolute atomic E-state index is 12.1. The van der Waals surface area contributed by atoms with Crippen LogP contribution in [0.15, 0.2) is 32.8 Å². The van der Waals surface area contributed by atoms with Crippen molar-refractivity contribution in [2.45, 2.75) is 22.3 Å². The summed E-state index contributed by atoms with van der Waals surface area (Å²) in [5.74, 6) is -0.163. The second kappa shape index (κ2) is 9.03. The van der Waals surface area contributed by atoms with Crippen molar-refractivity contribution in [2.75, 3.05) is 25.0 Å². The van der Waals surface area contributed by atoms with Gasteiger partial charge < -0.3 is 15.4 Å². The molecule has 2 N–H and O–H groups in total. The van der Waals surface area contributed by atoms with E-state index in [1.807, 2.05) is 24.4 Å². The fourth-order valence-corrected chi connectivity index (χ4v) is 4.18. The number of thiazole rings is 1. The quantitative estimate of drug-likeness (QED) is 0.813. The predicted molar refractivity (Wildman–Crippen MR) is 101 cm³/mol. The van der Waals surface area contributed by atoms with E-state index in [1.165, 1.54) is 11.8 Å². The van der Waals surface area contributed by atoms with Crippen molar-refractivity contribution in [3.63, 3.8) is 0 Å². The molecule has 9 heteroatoms. The van der Waals surface area contributed by atoms with Gasteiger partial charge in [-0.1, -0.05) is 23.4 Å². The molecular formula is C15H17Cl2N3O2S2. The van der Waals surface area contributed by atoms with Crippen molar-refractivity contribution in [2.24, 2.45) is 0 Å². The van der Waals surface area contributed by atoms with Crippen LogP contribution < -0.4 is 10.6 Å². The van der Waals surface area contributed by atoms with Gasteiger partial charge in [0, 0.05) is 34.7 Å². The zero-order valence-electron chi connectivity index (χ0n) is 12.9. The van der Waals surface area contributed by atoms with E-state index in [4.69, 9.17) is 16.3 Å².